The predicted octanol–water partition coefficient (Wildman–Crippen LogP) is 5.12. The second kappa shape index (κ2) is 9.35. The van der Waals surface area contributed by atoms with Crippen molar-refractivity contribution < 1.29 is 4.79 Å². The normalized spacial score (nSPS) is 13.7. The lowest BCUT2D eigenvalue weighted by atomic mass is 10.1. The van der Waals surface area contributed by atoms with Crippen LogP contribution in [0, 0.1) is 0 Å². The molecule has 1 saturated heterocycles. The first-order chi connectivity index (χ1) is 14.7. The molecular weight excluding hydrogens is 372 g/mol. The molecule has 0 saturated carbocycles. The Hall–Kier alpha value is -3.47. The van der Waals surface area contributed by atoms with Gasteiger partial charge in [-0.25, -0.2) is 0 Å². The van der Waals surface area contributed by atoms with E-state index in [1.807, 2.05) is 36.4 Å². The van der Waals surface area contributed by atoms with Crippen LogP contribution < -0.4 is 21.3 Å². The van der Waals surface area contributed by atoms with Crippen LogP contribution in [0.3, 0.4) is 0 Å². The van der Waals surface area contributed by atoms with Crippen LogP contribution in [-0.2, 0) is 6.54 Å². The van der Waals surface area contributed by atoms with Gasteiger partial charge in [0.15, 0.2) is 0 Å². The molecule has 0 spiro atoms. The first kappa shape index (κ1) is 19.8. The first-order valence-corrected chi connectivity index (χ1v) is 10.5. The van der Waals surface area contributed by atoms with Crippen LogP contribution in [-0.4, -0.2) is 19.0 Å². The van der Waals surface area contributed by atoms with E-state index < -0.39 is 0 Å². The smallest absolute Gasteiger partial charge is 0.255 e. The highest BCUT2D eigenvalue weighted by atomic mass is 16.1. The molecule has 0 radical (unpaired) electrons. The fourth-order valence-electron chi connectivity index (χ4n) is 3.73. The molecule has 30 heavy (non-hydrogen) atoms. The summed E-state index contributed by atoms with van der Waals surface area (Å²) in [6.45, 7) is 3.02. The molecule has 1 fully saturated rings. The predicted molar refractivity (Wildman–Crippen MR) is 125 cm³/mol. The SMILES string of the molecule is Nc1ccccc1NC(=O)c1ccc(CNc2ccc(N3CCCCC3)cc2)cc1. The van der Waals surface area contributed by atoms with E-state index in [1.165, 1.54) is 24.9 Å². The minimum absolute atomic E-state index is 0.166. The number of amides is 1. The summed E-state index contributed by atoms with van der Waals surface area (Å²) in [7, 11) is 0. The van der Waals surface area contributed by atoms with E-state index in [4.69, 9.17) is 5.73 Å². The van der Waals surface area contributed by atoms with Crippen molar-refractivity contribution in [2.75, 3.05) is 34.4 Å². The van der Waals surface area contributed by atoms with Gasteiger partial charge in [-0.2, -0.15) is 0 Å². The summed E-state index contributed by atoms with van der Waals surface area (Å²) in [6, 6.07) is 23.5. The first-order valence-electron chi connectivity index (χ1n) is 10.5. The monoisotopic (exact) mass is 400 g/mol. The van der Waals surface area contributed by atoms with E-state index in [1.54, 1.807) is 12.1 Å². The Balaban J connectivity index is 1.31. The molecule has 1 aliphatic heterocycles. The number of nitrogen functional groups attached to an aromatic ring is 1. The second-order valence-electron chi connectivity index (χ2n) is 7.69. The summed E-state index contributed by atoms with van der Waals surface area (Å²) in [4.78, 5) is 14.9. The van der Waals surface area contributed by atoms with Crippen LogP contribution in [0.2, 0.25) is 0 Å². The van der Waals surface area contributed by atoms with Gasteiger partial charge in [-0.1, -0.05) is 24.3 Å². The van der Waals surface area contributed by atoms with Crippen LogP contribution >= 0.6 is 0 Å². The minimum Gasteiger partial charge on any atom is -0.397 e. The van der Waals surface area contributed by atoms with Crippen molar-refractivity contribution in [3.05, 3.63) is 83.9 Å². The minimum atomic E-state index is -0.166. The molecule has 0 atom stereocenters. The van der Waals surface area contributed by atoms with Crippen molar-refractivity contribution in [3.8, 4) is 0 Å². The second-order valence-corrected chi connectivity index (χ2v) is 7.69. The molecule has 4 rings (SSSR count). The number of nitrogens with one attached hydrogen (secondary N) is 2. The maximum Gasteiger partial charge on any atom is 0.255 e. The van der Waals surface area contributed by atoms with Gasteiger partial charge in [-0.3, -0.25) is 4.79 Å². The van der Waals surface area contributed by atoms with Gasteiger partial charge in [0.1, 0.15) is 0 Å². The fraction of sp³-hybridized carbons (Fsp3) is 0.240. The molecule has 0 bridgehead atoms. The maximum atomic E-state index is 12.4. The number of nitrogens with zero attached hydrogens (tertiary/aromatic N) is 1. The number of para-hydroxylation sites is 2. The van der Waals surface area contributed by atoms with Gasteiger partial charge < -0.3 is 21.3 Å². The van der Waals surface area contributed by atoms with Crippen molar-refractivity contribution in [3.63, 3.8) is 0 Å². The Morgan fingerprint density at radius 2 is 1.57 bits per heavy atom. The molecule has 5 nitrogen and oxygen atoms in total. The highest BCUT2D eigenvalue weighted by Crippen LogP contribution is 2.22. The van der Waals surface area contributed by atoms with E-state index in [9.17, 15) is 4.79 Å². The van der Waals surface area contributed by atoms with Crippen molar-refractivity contribution in [1.29, 1.82) is 0 Å². The average Bonchev–Trinajstić information content (AvgIpc) is 2.80. The topological polar surface area (TPSA) is 70.4 Å². The van der Waals surface area contributed by atoms with Crippen molar-refractivity contribution in [2.45, 2.75) is 25.8 Å². The van der Waals surface area contributed by atoms with Gasteiger partial charge in [0.05, 0.1) is 11.4 Å². The highest BCUT2D eigenvalue weighted by Gasteiger charge is 2.11. The number of hydrogen-bond acceptors (Lipinski definition) is 4. The molecule has 154 valence electrons. The summed E-state index contributed by atoms with van der Waals surface area (Å²) in [5.74, 6) is -0.166. The number of benzene rings is 3. The molecule has 0 unspecified atom stereocenters. The van der Waals surface area contributed by atoms with Gasteiger partial charge in [-0.05, 0) is 73.4 Å². The summed E-state index contributed by atoms with van der Waals surface area (Å²) < 4.78 is 0. The molecule has 3 aromatic carbocycles. The number of anilines is 4. The molecule has 0 aromatic heterocycles. The highest BCUT2D eigenvalue weighted by molar-refractivity contribution is 6.05. The van der Waals surface area contributed by atoms with Gasteiger partial charge in [0.2, 0.25) is 0 Å². The number of piperidine rings is 1. The number of hydrogen-bond donors (Lipinski definition) is 3. The Labute approximate surface area is 177 Å². The van der Waals surface area contributed by atoms with Gasteiger partial charge in [0.25, 0.3) is 5.91 Å². The average molecular weight is 401 g/mol. The number of carbonyl (C=O) groups is 1. The molecule has 5 heteroatoms. The number of nitrogens with two attached hydrogens (primary N) is 1. The number of carbonyl (C=O) groups excluding carboxylic acids is 1. The number of rotatable bonds is 6. The standard InChI is InChI=1S/C25H28N4O/c26-23-6-2-3-7-24(23)28-25(30)20-10-8-19(9-11-20)18-27-21-12-14-22(15-13-21)29-16-4-1-5-17-29/h2-3,6-15,27H,1,4-5,16-18,26H2,(H,28,30). The van der Waals surface area contributed by atoms with Crippen LogP contribution in [0.25, 0.3) is 0 Å². The van der Waals surface area contributed by atoms with Crippen LogP contribution in [0.4, 0.5) is 22.7 Å². The quantitative estimate of drug-likeness (QED) is 0.502. The lowest BCUT2D eigenvalue weighted by Crippen LogP contribution is -2.29. The van der Waals surface area contributed by atoms with Crippen LogP contribution in [0.1, 0.15) is 35.2 Å². The van der Waals surface area contributed by atoms with Gasteiger partial charge in [-0.15, -0.1) is 0 Å². The summed E-state index contributed by atoms with van der Waals surface area (Å²) in [5.41, 5.74) is 11.2. The molecule has 1 aliphatic rings. The lowest BCUT2D eigenvalue weighted by molar-refractivity contribution is 0.102. The largest absolute Gasteiger partial charge is 0.397 e. The fourth-order valence-corrected chi connectivity index (χ4v) is 3.73. The van der Waals surface area contributed by atoms with E-state index in [-0.39, 0.29) is 5.91 Å². The van der Waals surface area contributed by atoms with E-state index in [0.717, 1.165) is 24.3 Å². The third-order valence-corrected chi connectivity index (χ3v) is 5.51. The zero-order valence-corrected chi connectivity index (χ0v) is 17.1. The molecule has 1 heterocycles. The maximum absolute atomic E-state index is 12.4. The molecule has 3 aromatic rings. The third-order valence-electron chi connectivity index (χ3n) is 5.51. The van der Waals surface area contributed by atoms with E-state index in [2.05, 4.69) is 39.8 Å². The Morgan fingerprint density at radius 3 is 2.27 bits per heavy atom. The molecule has 4 N–H and O–H groups in total. The summed E-state index contributed by atoms with van der Waals surface area (Å²) in [5, 5.41) is 6.30. The Kier molecular flexibility index (Phi) is 6.18. The van der Waals surface area contributed by atoms with Crippen LogP contribution in [0.15, 0.2) is 72.8 Å². The van der Waals surface area contributed by atoms with Crippen LogP contribution in [0.5, 0.6) is 0 Å². The van der Waals surface area contributed by atoms with E-state index in [0.29, 0.717) is 23.5 Å². The Morgan fingerprint density at radius 1 is 0.867 bits per heavy atom. The van der Waals surface area contributed by atoms with Crippen molar-refractivity contribution in [2.24, 2.45) is 0 Å². The van der Waals surface area contributed by atoms with Crippen molar-refractivity contribution >= 4 is 28.7 Å². The molecule has 1 amide bonds. The third kappa shape index (κ3) is 4.92. The lowest BCUT2D eigenvalue weighted by Gasteiger charge is -2.28. The zero-order valence-electron chi connectivity index (χ0n) is 17.1. The van der Waals surface area contributed by atoms with Gasteiger partial charge >= 0.3 is 0 Å². The summed E-state index contributed by atoms with van der Waals surface area (Å²) >= 11 is 0. The molecular formula is C25H28N4O. The zero-order chi connectivity index (χ0) is 20.8. The Bertz CT molecular complexity index is 977. The molecule has 0 aliphatic carbocycles. The van der Waals surface area contributed by atoms with Gasteiger partial charge in [0, 0.05) is 36.6 Å². The van der Waals surface area contributed by atoms with Crippen molar-refractivity contribution in [1.82, 2.24) is 0 Å². The van der Waals surface area contributed by atoms with E-state index >= 15 is 0 Å². The summed E-state index contributed by atoms with van der Waals surface area (Å²) in [6.07, 6.45) is 3.91.